The van der Waals surface area contributed by atoms with Gasteiger partial charge in [-0.1, -0.05) is 32.6 Å². The van der Waals surface area contributed by atoms with Gasteiger partial charge >= 0.3 is 0 Å². The topological polar surface area (TPSA) is 32.3 Å². The van der Waals surface area contributed by atoms with Crippen molar-refractivity contribution in [3.63, 3.8) is 0 Å². The molecule has 0 radical (unpaired) electrons. The fraction of sp³-hybridized carbons (Fsp3) is 1.00. The number of rotatable bonds is 5. The molecule has 1 heterocycles. The minimum atomic E-state index is -0.227. The van der Waals surface area contributed by atoms with Gasteiger partial charge in [-0.05, 0) is 31.7 Å². The van der Waals surface area contributed by atoms with E-state index in [9.17, 15) is 5.11 Å². The third-order valence-electron chi connectivity index (χ3n) is 2.98. The molecule has 2 atom stereocenters. The Labute approximate surface area is 81.7 Å². The Kier molecular flexibility index (Phi) is 5.40. The lowest BCUT2D eigenvalue weighted by atomic mass is 9.92. The highest BCUT2D eigenvalue weighted by molar-refractivity contribution is 4.72. The molecular formula is C11H23NO. The molecule has 0 bridgehead atoms. The second-order valence-corrected chi connectivity index (χ2v) is 4.15. The summed E-state index contributed by atoms with van der Waals surface area (Å²) in [7, 11) is 0. The number of aliphatic hydroxyl groups is 1. The summed E-state index contributed by atoms with van der Waals surface area (Å²) in [6.07, 6.45) is 8.68. The van der Waals surface area contributed by atoms with Crippen molar-refractivity contribution < 1.29 is 5.11 Å². The molecule has 0 aromatic heterocycles. The first-order valence-electron chi connectivity index (χ1n) is 5.76. The zero-order valence-electron chi connectivity index (χ0n) is 8.76. The van der Waals surface area contributed by atoms with Crippen LogP contribution in [0.15, 0.2) is 0 Å². The van der Waals surface area contributed by atoms with Crippen molar-refractivity contribution in [2.45, 2.75) is 58.1 Å². The van der Waals surface area contributed by atoms with Crippen LogP contribution in [-0.2, 0) is 0 Å². The summed E-state index contributed by atoms with van der Waals surface area (Å²) in [6.45, 7) is 3.23. The summed E-state index contributed by atoms with van der Waals surface area (Å²) in [4.78, 5) is 0. The van der Waals surface area contributed by atoms with Crippen LogP contribution in [0.2, 0.25) is 0 Å². The summed E-state index contributed by atoms with van der Waals surface area (Å²) < 4.78 is 0. The maximum atomic E-state index is 9.61. The van der Waals surface area contributed by atoms with E-state index in [1.165, 1.54) is 44.9 Å². The second kappa shape index (κ2) is 6.39. The molecule has 1 saturated heterocycles. The Balaban J connectivity index is 2.05. The molecule has 2 nitrogen and oxygen atoms in total. The number of unbranched alkanes of at least 4 members (excludes halogenated alkanes) is 3. The van der Waals surface area contributed by atoms with Crippen molar-refractivity contribution in [2.75, 3.05) is 6.54 Å². The summed E-state index contributed by atoms with van der Waals surface area (Å²) in [5.74, 6) is 0.519. The maximum Gasteiger partial charge on any atom is 0.107 e. The van der Waals surface area contributed by atoms with Gasteiger partial charge in [0.2, 0.25) is 0 Å². The minimum Gasteiger partial charge on any atom is -0.378 e. The number of hydrogen-bond donors (Lipinski definition) is 2. The third kappa shape index (κ3) is 4.10. The molecule has 0 aliphatic carbocycles. The summed E-state index contributed by atoms with van der Waals surface area (Å²) in [5.41, 5.74) is 0. The zero-order chi connectivity index (χ0) is 9.52. The van der Waals surface area contributed by atoms with E-state index in [2.05, 4.69) is 12.2 Å². The van der Waals surface area contributed by atoms with Crippen LogP contribution in [0.1, 0.15) is 51.9 Å². The van der Waals surface area contributed by atoms with Crippen molar-refractivity contribution in [3.8, 4) is 0 Å². The third-order valence-corrected chi connectivity index (χ3v) is 2.98. The van der Waals surface area contributed by atoms with E-state index in [4.69, 9.17) is 0 Å². The summed E-state index contributed by atoms with van der Waals surface area (Å²) in [5, 5.41) is 12.7. The number of nitrogens with one attached hydrogen (secondary N) is 1. The molecule has 1 aliphatic heterocycles. The molecule has 1 fully saturated rings. The Bertz CT molecular complexity index is 127. The van der Waals surface area contributed by atoms with Gasteiger partial charge in [0, 0.05) is 0 Å². The van der Waals surface area contributed by atoms with Crippen LogP contribution < -0.4 is 5.32 Å². The highest BCUT2D eigenvalue weighted by Gasteiger charge is 2.21. The Morgan fingerprint density at radius 1 is 1.31 bits per heavy atom. The van der Waals surface area contributed by atoms with Crippen molar-refractivity contribution in [1.29, 1.82) is 0 Å². The molecule has 0 aromatic carbocycles. The molecule has 0 aromatic rings. The van der Waals surface area contributed by atoms with Gasteiger partial charge in [-0.25, -0.2) is 0 Å². The van der Waals surface area contributed by atoms with Crippen LogP contribution in [-0.4, -0.2) is 17.9 Å². The quantitative estimate of drug-likeness (QED) is 0.644. The lowest BCUT2D eigenvalue weighted by Crippen LogP contribution is -2.40. The van der Waals surface area contributed by atoms with Crippen molar-refractivity contribution in [1.82, 2.24) is 5.32 Å². The monoisotopic (exact) mass is 185 g/mol. The minimum absolute atomic E-state index is 0.227. The molecule has 2 N–H and O–H groups in total. The lowest BCUT2D eigenvalue weighted by Gasteiger charge is -2.28. The van der Waals surface area contributed by atoms with Crippen LogP contribution >= 0.6 is 0 Å². The fourth-order valence-electron chi connectivity index (χ4n) is 2.07. The van der Waals surface area contributed by atoms with E-state index in [0.717, 1.165) is 6.54 Å². The zero-order valence-corrected chi connectivity index (χ0v) is 8.76. The molecule has 1 aliphatic rings. The average molecular weight is 185 g/mol. The molecule has 2 heteroatoms. The first kappa shape index (κ1) is 11.0. The number of hydrogen-bond acceptors (Lipinski definition) is 2. The first-order valence-corrected chi connectivity index (χ1v) is 5.76. The van der Waals surface area contributed by atoms with Gasteiger partial charge in [0.25, 0.3) is 0 Å². The summed E-state index contributed by atoms with van der Waals surface area (Å²) >= 11 is 0. The highest BCUT2D eigenvalue weighted by Crippen LogP contribution is 2.21. The normalized spacial score (nSPS) is 29.1. The Morgan fingerprint density at radius 3 is 2.85 bits per heavy atom. The molecule has 13 heavy (non-hydrogen) atoms. The highest BCUT2D eigenvalue weighted by atomic mass is 16.3. The van der Waals surface area contributed by atoms with Gasteiger partial charge < -0.3 is 5.11 Å². The van der Waals surface area contributed by atoms with E-state index in [1.807, 2.05) is 0 Å². The van der Waals surface area contributed by atoms with Crippen LogP contribution in [0.25, 0.3) is 0 Å². The largest absolute Gasteiger partial charge is 0.378 e. The van der Waals surface area contributed by atoms with E-state index < -0.39 is 0 Å². The van der Waals surface area contributed by atoms with Crippen molar-refractivity contribution in [3.05, 3.63) is 0 Å². The second-order valence-electron chi connectivity index (χ2n) is 4.15. The molecule has 0 amide bonds. The summed E-state index contributed by atoms with van der Waals surface area (Å²) in [6, 6.07) is 0. The van der Waals surface area contributed by atoms with Gasteiger partial charge in [-0.15, -0.1) is 0 Å². The predicted molar refractivity (Wildman–Crippen MR) is 55.5 cm³/mol. The Morgan fingerprint density at radius 2 is 2.15 bits per heavy atom. The fourth-order valence-corrected chi connectivity index (χ4v) is 2.07. The van der Waals surface area contributed by atoms with Gasteiger partial charge in [0.15, 0.2) is 0 Å². The van der Waals surface area contributed by atoms with E-state index in [0.29, 0.717) is 5.92 Å². The van der Waals surface area contributed by atoms with Crippen LogP contribution in [0.4, 0.5) is 0 Å². The maximum absolute atomic E-state index is 9.61. The SMILES string of the molecule is CCCCCCC1CCCNC1O. The molecular weight excluding hydrogens is 162 g/mol. The first-order chi connectivity index (χ1) is 6.34. The molecule has 2 unspecified atom stereocenters. The van der Waals surface area contributed by atoms with Gasteiger partial charge in [-0.2, -0.15) is 0 Å². The van der Waals surface area contributed by atoms with Crippen LogP contribution in [0.5, 0.6) is 0 Å². The van der Waals surface area contributed by atoms with E-state index in [-0.39, 0.29) is 6.23 Å². The molecule has 0 saturated carbocycles. The number of aliphatic hydroxyl groups excluding tert-OH is 1. The van der Waals surface area contributed by atoms with Gasteiger partial charge in [0.05, 0.1) is 0 Å². The smallest absolute Gasteiger partial charge is 0.107 e. The van der Waals surface area contributed by atoms with Gasteiger partial charge in [0.1, 0.15) is 6.23 Å². The molecule has 78 valence electrons. The predicted octanol–water partition coefficient (Wildman–Crippen LogP) is 2.27. The average Bonchev–Trinajstić information content (AvgIpc) is 2.15. The van der Waals surface area contributed by atoms with Crippen LogP contribution in [0, 0.1) is 5.92 Å². The van der Waals surface area contributed by atoms with E-state index in [1.54, 1.807) is 0 Å². The van der Waals surface area contributed by atoms with Crippen LogP contribution in [0.3, 0.4) is 0 Å². The molecule has 0 spiro atoms. The Hall–Kier alpha value is -0.0800. The lowest BCUT2D eigenvalue weighted by molar-refractivity contribution is 0.0443. The van der Waals surface area contributed by atoms with E-state index >= 15 is 0 Å². The molecule has 1 rings (SSSR count). The van der Waals surface area contributed by atoms with Crippen molar-refractivity contribution in [2.24, 2.45) is 5.92 Å². The van der Waals surface area contributed by atoms with Gasteiger partial charge in [-0.3, -0.25) is 5.32 Å². The number of piperidine rings is 1. The van der Waals surface area contributed by atoms with Crippen molar-refractivity contribution >= 4 is 0 Å². The standard InChI is InChI=1S/C11H23NO/c1-2-3-4-5-7-10-8-6-9-12-11(10)13/h10-13H,2-9H2,1H3.